The van der Waals surface area contributed by atoms with Gasteiger partial charge in [0.1, 0.15) is 11.6 Å². The van der Waals surface area contributed by atoms with Crippen molar-refractivity contribution in [1.29, 1.82) is 0 Å². The first-order chi connectivity index (χ1) is 12.9. The average molecular weight is 364 g/mol. The minimum Gasteiger partial charge on any atom is -0.496 e. The largest absolute Gasteiger partial charge is 0.496 e. The Kier molecular flexibility index (Phi) is 4.06. The van der Waals surface area contributed by atoms with Gasteiger partial charge in [0.2, 0.25) is 0 Å². The van der Waals surface area contributed by atoms with E-state index in [-0.39, 0.29) is 11.4 Å². The van der Waals surface area contributed by atoms with E-state index in [0.29, 0.717) is 24.4 Å². The van der Waals surface area contributed by atoms with Crippen LogP contribution in [-0.4, -0.2) is 32.3 Å². The first kappa shape index (κ1) is 17.4. The summed E-state index contributed by atoms with van der Waals surface area (Å²) in [5.74, 6) is 1.58. The monoisotopic (exact) mass is 364 g/mol. The van der Waals surface area contributed by atoms with E-state index in [1.54, 1.807) is 13.2 Å². The summed E-state index contributed by atoms with van der Waals surface area (Å²) in [6.07, 6.45) is 4.04. The van der Waals surface area contributed by atoms with E-state index < -0.39 is 0 Å². The number of aromatic nitrogens is 3. The van der Waals surface area contributed by atoms with Crippen LogP contribution in [0.5, 0.6) is 5.75 Å². The fourth-order valence-corrected chi connectivity index (χ4v) is 3.55. The summed E-state index contributed by atoms with van der Waals surface area (Å²) in [4.78, 5) is 14.9. The van der Waals surface area contributed by atoms with E-state index in [1.165, 1.54) is 0 Å². The van der Waals surface area contributed by atoms with Crippen LogP contribution in [-0.2, 0) is 18.6 Å². The van der Waals surface area contributed by atoms with Crippen LogP contribution in [0.2, 0.25) is 0 Å². The zero-order chi connectivity index (χ0) is 19.2. The van der Waals surface area contributed by atoms with E-state index in [9.17, 15) is 4.79 Å². The highest BCUT2D eigenvalue weighted by Crippen LogP contribution is 2.33. The minimum atomic E-state index is -0.151. The zero-order valence-corrected chi connectivity index (χ0v) is 16.1. The Bertz CT molecular complexity index is 980. The molecule has 0 aliphatic carbocycles. The van der Waals surface area contributed by atoms with E-state index in [0.717, 1.165) is 17.1 Å². The molecule has 140 valence electrons. The maximum absolute atomic E-state index is 13.1. The molecular formula is C21H24N4O2. The molecule has 27 heavy (non-hydrogen) atoms. The summed E-state index contributed by atoms with van der Waals surface area (Å²) < 4.78 is 9.50. The Hall–Kier alpha value is -3.02. The van der Waals surface area contributed by atoms with Gasteiger partial charge in [0.15, 0.2) is 0 Å². The fraction of sp³-hybridized carbons (Fsp3) is 0.333. The molecule has 3 heterocycles. The molecule has 3 aromatic rings. The topological polar surface area (TPSA) is 52.3 Å². The number of ether oxygens (including phenoxy) is 1. The van der Waals surface area contributed by atoms with Crippen LogP contribution >= 0.6 is 0 Å². The van der Waals surface area contributed by atoms with Crippen LogP contribution in [0.4, 0.5) is 0 Å². The first-order valence-corrected chi connectivity index (χ1v) is 9.07. The molecule has 0 spiro atoms. The summed E-state index contributed by atoms with van der Waals surface area (Å²) >= 11 is 0. The van der Waals surface area contributed by atoms with Gasteiger partial charge in [-0.3, -0.25) is 4.79 Å². The van der Waals surface area contributed by atoms with Gasteiger partial charge in [-0.1, -0.05) is 12.1 Å². The quantitative estimate of drug-likeness (QED) is 0.714. The summed E-state index contributed by atoms with van der Waals surface area (Å²) in [5.41, 5.74) is 2.49. The lowest BCUT2D eigenvalue weighted by molar-refractivity contribution is 0.0745. The van der Waals surface area contributed by atoms with Crippen LogP contribution in [0.3, 0.4) is 0 Å². The number of hydrogen-bond donors (Lipinski definition) is 0. The van der Waals surface area contributed by atoms with E-state index in [1.807, 2.05) is 47.6 Å². The van der Waals surface area contributed by atoms with Gasteiger partial charge in [-0.15, -0.1) is 0 Å². The predicted octanol–water partition coefficient (Wildman–Crippen LogP) is 3.59. The zero-order valence-electron chi connectivity index (χ0n) is 16.1. The van der Waals surface area contributed by atoms with Crippen molar-refractivity contribution in [1.82, 2.24) is 19.2 Å². The molecule has 0 bridgehead atoms. The Morgan fingerprint density at radius 2 is 1.78 bits per heavy atom. The lowest BCUT2D eigenvalue weighted by Crippen LogP contribution is -2.29. The van der Waals surface area contributed by atoms with Crippen molar-refractivity contribution >= 4 is 5.91 Å². The smallest absolute Gasteiger partial charge is 0.258 e. The van der Waals surface area contributed by atoms with Crippen LogP contribution in [0.1, 0.15) is 42.4 Å². The molecule has 0 atom stereocenters. The second-order valence-electron chi connectivity index (χ2n) is 7.78. The number of methoxy groups -OCH3 is 1. The van der Waals surface area contributed by atoms with Crippen molar-refractivity contribution in [3.05, 3.63) is 65.6 Å². The number of rotatable bonds is 3. The third-order valence-electron chi connectivity index (χ3n) is 4.84. The van der Waals surface area contributed by atoms with E-state index >= 15 is 0 Å². The molecule has 0 N–H and O–H groups in total. The molecular weight excluding hydrogens is 340 g/mol. The molecule has 0 radical (unpaired) electrons. The molecule has 6 heteroatoms. The summed E-state index contributed by atoms with van der Waals surface area (Å²) in [6.45, 7) is 7.46. The van der Waals surface area contributed by atoms with Crippen molar-refractivity contribution in [2.45, 2.75) is 39.4 Å². The van der Waals surface area contributed by atoms with Crippen LogP contribution in [0.25, 0.3) is 5.82 Å². The molecule has 0 saturated heterocycles. The van der Waals surface area contributed by atoms with Gasteiger partial charge >= 0.3 is 0 Å². The molecule has 1 aromatic carbocycles. The SMILES string of the molecule is COc1ccccc1C(=O)N1Cc2nn(C(C)(C)C)c(-n3cccc3)c2C1. The van der Waals surface area contributed by atoms with Gasteiger partial charge in [0, 0.05) is 18.0 Å². The third kappa shape index (κ3) is 2.91. The van der Waals surface area contributed by atoms with E-state index in [4.69, 9.17) is 9.84 Å². The van der Waals surface area contributed by atoms with Crippen molar-refractivity contribution < 1.29 is 9.53 Å². The van der Waals surface area contributed by atoms with Gasteiger partial charge in [-0.05, 0) is 45.0 Å². The van der Waals surface area contributed by atoms with Crippen molar-refractivity contribution in [3.63, 3.8) is 0 Å². The van der Waals surface area contributed by atoms with Gasteiger partial charge < -0.3 is 14.2 Å². The van der Waals surface area contributed by atoms with Gasteiger partial charge in [-0.2, -0.15) is 5.10 Å². The molecule has 6 nitrogen and oxygen atoms in total. The highest BCUT2D eigenvalue weighted by atomic mass is 16.5. The number of para-hydroxylation sites is 1. The molecule has 2 aromatic heterocycles. The Labute approximate surface area is 159 Å². The molecule has 0 unspecified atom stereocenters. The number of carbonyl (C=O) groups is 1. The Morgan fingerprint density at radius 1 is 1.07 bits per heavy atom. The lowest BCUT2D eigenvalue weighted by Gasteiger charge is -2.25. The number of amides is 1. The predicted molar refractivity (Wildman–Crippen MR) is 103 cm³/mol. The Morgan fingerprint density at radius 3 is 2.44 bits per heavy atom. The maximum atomic E-state index is 13.1. The lowest BCUT2D eigenvalue weighted by atomic mass is 10.1. The number of benzene rings is 1. The highest BCUT2D eigenvalue weighted by Gasteiger charge is 2.34. The summed E-state index contributed by atoms with van der Waals surface area (Å²) in [6, 6.07) is 11.3. The second kappa shape index (κ2) is 6.30. The Balaban J connectivity index is 1.71. The third-order valence-corrected chi connectivity index (χ3v) is 4.84. The average Bonchev–Trinajstić information content (AvgIpc) is 3.35. The molecule has 0 saturated carbocycles. The van der Waals surface area contributed by atoms with E-state index in [2.05, 4.69) is 30.0 Å². The molecule has 1 aliphatic heterocycles. The van der Waals surface area contributed by atoms with Gasteiger partial charge in [0.05, 0.1) is 37.0 Å². The standard InChI is InChI=1S/C21H24N4O2/c1-21(2,3)25-19(23-11-7-8-12-23)16-13-24(14-17(16)22-25)20(26)15-9-5-6-10-18(15)27-4/h5-12H,13-14H2,1-4H3. The summed E-state index contributed by atoms with van der Waals surface area (Å²) in [7, 11) is 1.59. The molecule has 0 fully saturated rings. The van der Waals surface area contributed by atoms with Crippen LogP contribution in [0.15, 0.2) is 48.8 Å². The van der Waals surface area contributed by atoms with Gasteiger partial charge in [-0.25, -0.2) is 4.68 Å². The van der Waals surface area contributed by atoms with Crippen LogP contribution < -0.4 is 4.74 Å². The van der Waals surface area contributed by atoms with Crippen LogP contribution in [0, 0.1) is 0 Å². The molecule has 1 aliphatic rings. The first-order valence-electron chi connectivity index (χ1n) is 9.07. The number of fused-ring (bicyclic) bond motifs is 1. The minimum absolute atomic E-state index is 0.0359. The normalized spacial score (nSPS) is 13.7. The highest BCUT2D eigenvalue weighted by molar-refractivity contribution is 5.97. The molecule has 1 amide bonds. The maximum Gasteiger partial charge on any atom is 0.258 e. The molecule has 4 rings (SSSR count). The van der Waals surface area contributed by atoms with Gasteiger partial charge in [0.25, 0.3) is 5.91 Å². The summed E-state index contributed by atoms with van der Waals surface area (Å²) in [5, 5.41) is 4.86. The van der Waals surface area contributed by atoms with Crippen molar-refractivity contribution in [2.75, 3.05) is 7.11 Å². The number of carbonyl (C=O) groups excluding carboxylic acids is 1. The van der Waals surface area contributed by atoms with Crippen molar-refractivity contribution in [3.8, 4) is 11.6 Å². The fourth-order valence-electron chi connectivity index (χ4n) is 3.55. The second-order valence-corrected chi connectivity index (χ2v) is 7.78. The van der Waals surface area contributed by atoms with Crippen molar-refractivity contribution in [2.24, 2.45) is 0 Å². The number of nitrogens with zero attached hydrogens (tertiary/aromatic N) is 4. The number of hydrogen-bond acceptors (Lipinski definition) is 3.